The highest BCUT2D eigenvalue weighted by Crippen LogP contribution is 2.36. The molecule has 0 bridgehead atoms. The van der Waals surface area contributed by atoms with Gasteiger partial charge in [0.05, 0.1) is 0 Å². The van der Waals surface area contributed by atoms with Crippen molar-refractivity contribution in [3.63, 3.8) is 0 Å². The molecule has 1 saturated carbocycles. The maximum absolute atomic E-state index is 12.1. The number of carbonyl (C=O) groups excluding carboxylic acids is 2. The summed E-state index contributed by atoms with van der Waals surface area (Å²) < 4.78 is 0. The third-order valence-electron chi connectivity index (χ3n) is 4.46. The molecule has 110 valence electrons. The number of nitrogens with zero attached hydrogens (tertiary/aromatic N) is 1. The Morgan fingerprint density at radius 2 is 1.89 bits per heavy atom. The Kier molecular flexibility index (Phi) is 5.83. The number of hydrogen-bond acceptors (Lipinski definition) is 2. The first-order chi connectivity index (χ1) is 8.82. The van der Waals surface area contributed by atoms with Crippen LogP contribution in [0.2, 0.25) is 0 Å². The smallest absolute Gasteiger partial charge is 0.223 e. The molecule has 4 heteroatoms. The zero-order chi connectivity index (χ0) is 14.6. The van der Waals surface area contributed by atoms with Gasteiger partial charge in [0.1, 0.15) is 0 Å². The van der Waals surface area contributed by atoms with E-state index in [9.17, 15) is 9.59 Å². The normalized spacial score (nSPS) is 27.3. The molecule has 0 saturated heterocycles. The molecule has 0 aromatic carbocycles. The van der Waals surface area contributed by atoms with Crippen LogP contribution in [0.15, 0.2) is 0 Å². The molecule has 0 aromatic rings. The van der Waals surface area contributed by atoms with Crippen LogP contribution in [0.5, 0.6) is 0 Å². The summed E-state index contributed by atoms with van der Waals surface area (Å²) in [5, 5.41) is 0. The Balaban J connectivity index is 2.67. The summed E-state index contributed by atoms with van der Waals surface area (Å²) in [7, 11) is 1.88. The lowest BCUT2D eigenvalue weighted by Crippen LogP contribution is -2.46. The molecule has 3 atom stereocenters. The van der Waals surface area contributed by atoms with E-state index >= 15 is 0 Å². The number of hydrogen-bond donors (Lipinski definition) is 1. The van der Waals surface area contributed by atoms with Gasteiger partial charge in [0.2, 0.25) is 11.8 Å². The van der Waals surface area contributed by atoms with Gasteiger partial charge in [-0.05, 0) is 30.6 Å². The molecule has 2 amide bonds. The Morgan fingerprint density at radius 3 is 2.42 bits per heavy atom. The zero-order valence-electron chi connectivity index (χ0n) is 12.7. The van der Waals surface area contributed by atoms with E-state index in [1.807, 2.05) is 11.9 Å². The van der Waals surface area contributed by atoms with E-state index in [1.54, 1.807) is 0 Å². The molecule has 0 heterocycles. The van der Waals surface area contributed by atoms with Crippen LogP contribution >= 0.6 is 0 Å². The van der Waals surface area contributed by atoms with Gasteiger partial charge in [-0.1, -0.05) is 27.2 Å². The SMILES string of the molecule is CC1CCC(C(C)C)C(N(C)C(=O)CCC(N)=O)C1. The van der Waals surface area contributed by atoms with Crippen molar-refractivity contribution in [1.29, 1.82) is 0 Å². The minimum Gasteiger partial charge on any atom is -0.370 e. The average molecular weight is 268 g/mol. The summed E-state index contributed by atoms with van der Waals surface area (Å²) in [5.41, 5.74) is 5.11. The lowest BCUT2D eigenvalue weighted by Gasteiger charge is -2.42. The summed E-state index contributed by atoms with van der Waals surface area (Å²) >= 11 is 0. The van der Waals surface area contributed by atoms with E-state index in [-0.39, 0.29) is 18.7 Å². The van der Waals surface area contributed by atoms with Crippen molar-refractivity contribution in [3.8, 4) is 0 Å². The number of rotatable bonds is 5. The van der Waals surface area contributed by atoms with Gasteiger partial charge in [-0.3, -0.25) is 9.59 Å². The van der Waals surface area contributed by atoms with Gasteiger partial charge in [0.15, 0.2) is 0 Å². The van der Waals surface area contributed by atoms with Crippen molar-refractivity contribution in [3.05, 3.63) is 0 Å². The second-order valence-electron chi connectivity index (χ2n) is 6.36. The fourth-order valence-electron chi connectivity index (χ4n) is 3.19. The van der Waals surface area contributed by atoms with Gasteiger partial charge in [-0.25, -0.2) is 0 Å². The van der Waals surface area contributed by atoms with Crippen molar-refractivity contribution < 1.29 is 9.59 Å². The summed E-state index contributed by atoms with van der Waals surface area (Å²) in [6, 6.07) is 0.309. The lowest BCUT2D eigenvalue weighted by molar-refractivity contribution is -0.136. The minimum atomic E-state index is -0.404. The van der Waals surface area contributed by atoms with Crippen LogP contribution in [0.25, 0.3) is 0 Å². The molecule has 4 nitrogen and oxygen atoms in total. The third kappa shape index (κ3) is 4.51. The molecule has 19 heavy (non-hydrogen) atoms. The van der Waals surface area contributed by atoms with Crippen molar-refractivity contribution in [2.45, 2.75) is 58.9 Å². The summed E-state index contributed by atoms with van der Waals surface area (Å²) in [6.07, 6.45) is 3.90. The molecule has 0 spiro atoms. The fourth-order valence-corrected chi connectivity index (χ4v) is 3.19. The van der Waals surface area contributed by atoms with Crippen LogP contribution in [0.4, 0.5) is 0 Å². The number of primary amides is 1. The Labute approximate surface area is 116 Å². The second kappa shape index (κ2) is 6.92. The molecule has 1 rings (SSSR count). The summed E-state index contributed by atoms with van der Waals surface area (Å²) in [6.45, 7) is 6.72. The highest BCUT2D eigenvalue weighted by Gasteiger charge is 2.34. The molecule has 0 radical (unpaired) electrons. The predicted molar refractivity (Wildman–Crippen MR) is 76.3 cm³/mol. The molecule has 0 aliphatic heterocycles. The number of amides is 2. The van der Waals surface area contributed by atoms with E-state index in [2.05, 4.69) is 20.8 Å². The van der Waals surface area contributed by atoms with Crippen LogP contribution in [-0.2, 0) is 9.59 Å². The molecule has 1 fully saturated rings. The van der Waals surface area contributed by atoms with Crippen LogP contribution in [0.3, 0.4) is 0 Å². The second-order valence-corrected chi connectivity index (χ2v) is 6.36. The number of nitrogens with two attached hydrogens (primary N) is 1. The van der Waals surface area contributed by atoms with Crippen molar-refractivity contribution >= 4 is 11.8 Å². The third-order valence-corrected chi connectivity index (χ3v) is 4.46. The van der Waals surface area contributed by atoms with Crippen molar-refractivity contribution in [2.75, 3.05) is 7.05 Å². The van der Waals surface area contributed by atoms with Gasteiger partial charge >= 0.3 is 0 Å². The van der Waals surface area contributed by atoms with E-state index in [0.717, 1.165) is 6.42 Å². The van der Waals surface area contributed by atoms with Gasteiger partial charge < -0.3 is 10.6 Å². The van der Waals surface area contributed by atoms with Crippen molar-refractivity contribution in [1.82, 2.24) is 4.90 Å². The highest BCUT2D eigenvalue weighted by molar-refractivity contribution is 5.82. The first-order valence-corrected chi connectivity index (χ1v) is 7.36. The molecule has 3 unspecified atom stereocenters. The maximum atomic E-state index is 12.1. The van der Waals surface area contributed by atoms with Crippen LogP contribution in [0, 0.1) is 17.8 Å². The Morgan fingerprint density at radius 1 is 1.26 bits per heavy atom. The van der Waals surface area contributed by atoms with E-state index in [1.165, 1.54) is 12.8 Å². The number of carbonyl (C=O) groups is 2. The van der Waals surface area contributed by atoms with Gasteiger partial charge in [-0.2, -0.15) is 0 Å². The summed E-state index contributed by atoms with van der Waals surface area (Å²) in [4.78, 5) is 24.8. The average Bonchev–Trinajstić information content (AvgIpc) is 2.34. The monoisotopic (exact) mass is 268 g/mol. The standard InChI is InChI=1S/C15H28N2O2/c1-10(2)12-6-5-11(3)9-13(12)17(4)15(19)8-7-14(16)18/h10-13H,5-9H2,1-4H3,(H2,16,18). The van der Waals surface area contributed by atoms with Gasteiger partial charge in [-0.15, -0.1) is 0 Å². The first kappa shape index (κ1) is 16.0. The fraction of sp³-hybridized carbons (Fsp3) is 0.867. The predicted octanol–water partition coefficient (Wildman–Crippen LogP) is 2.17. The molecular weight excluding hydrogens is 240 g/mol. The molecule has 0 aromatic heterocycles. The van der Waals surface area contributed by atoms with Crippen LogP contribution in [-0.4, -0.2) is 29.8 Å². The molecule has 1 aliphatic carbocycles. The summed E-state index contributed by atoms with van der Waals surface area (Å²) in [5.74, 6) is 1.47. The zero-order valence-corrected chi connectivity index (χ0v) is 12.7. The maximum Gasteiger partial charge on any atom is 0.223 e. The van der Waals surface area contributed by atoms with Crippen LogP contribution < -0.4 is 5.73 Å². The van der Waals surface area contributed by atoms with Crippen molar-refractivity contribution in [2.24, 2.45) is 23.5 Å². The molecule has 2 N–H and O–H groups in total. The van der Waals surface area contributed by atoms with E-state index in [0.29, 0.717) is 23.8 Å². The Bertz CT molecular complexity index is 328. The quantitative estimate of drug-likeness (QED) is 0.830. The Hall–Kier alpha value is -1.06. The highest BCUT2D eigenvalue weighted by atomic mass is 16.2. The van der Waals surface area contributed by atoms with E-state index < -0.39 is 5.91 Å². The van der Waals surface area contributed by atoms with Gasteiger partial charge in [0, 0.05) is 25.9 Å². The molecular formula is C15H28N2O2. The lowest BCUT2D eigenvalue weighted by atomic mass is 9.73. The van der Waals surface area contributed by atoms with Crippen LogP contribution in [0.1, 0.15) is 52.9 Å². The van der Waals surface area contributed by atoms with Gasteiger partial charge in [0.25, 0.3) is 0 Å². The first-order valence-electron chi connectivity index (χ1n) is 7.36. The minimum absolute atomic E-state index is 0.0450. The van der Waals surface area contributed by atoms with E-state index in [4.69, 9.17) is 5.73 Å². The topological polar surface area (TPSA) is 63.4 Å². The molecule has 1 aliphatic rings. The largest absolute Gasteiger partial charge is 0.370 e.